The third-order valence-electron chi connectivity index (χ3n) is 3.76. The lowest BCUT2D eigenvalue weighted by Crippen LogP contribution is -2.43. The Bertz CT molecular complexity index is 422. The Morgan fingerprint density at radius 1 is 1.50 bits per heavy atom. The molecule has 1 aliphatic heterocycles. The fourth-order valence-corrected chi connectivity index (χ4v) is 2.64. The molecule has 2 rings (SSSR count). The third-order valence-corrected chi connectivity index (χ3v) is 4.06. The zero-order valence-corrected chi connectivity index (χ0v) is 11.7. The molecule has 1 heterocycles. The molecule has 4 heteroatoms. The first-order valence-corrected chi connectivity index (χ1v) is 6.85. The van der Waals surface area contributed by atoms with Crippen LogP contribution < -0.4 is 10.6 Å². The first-order chi connectivity index (χ1) is 8.49. The molecule has 0 radical (unpaired) electrons. The lowest BCUT2D eigenvalue weighted by atomic mass is 9.95. The van der Waals surface area contributed by atoms with Crippen LogP contribution in [0.5, 0.6) is 0 Å². The van der Waals surface area contributed by atoms with Crippen LogP contribution in [-0.2, 0) is 0 Å². The molecule has 0 aromatic heterocycles. The summed E-state index contributed by atoms with van der Waals surface area (Å²) in [5.41, 5.74) is 7.87. The summed E-state index contributed by atoms with van der Waals surface area (Å²) in [4.78, 5) is 2.15. The number of aliphatic hydroxyl groups is 1. The fraction of sp³-hybridized carbons (Fsp3) is 0.571. The molecule has 1 saturated heterocycles. The highest BCUT2D eigenvalue weighted by Gasteiger charge is 2.25. The summed E-state index contributed by atoms with van der Waals surface area (Å²) in [5.74, 6) is 0.364. The van der Waals surface area contributed by atoms with Gasteiger partial charge in [0.25, 0.3) is 0 Å². The summed E-state index contributed by atoms with van der Waals surface area (Å²) in [6.45, 7) is 5.62. The first kappa shape index (κ1) is 13.7. The van der Waals surface area contributed by atoms with Gasteiger partial charge in [-0.3, -0.25) is 0 Å². The zero-order chi connectivity index (χ0) is 13.3. The van der Waals surface area contributed by atoms with Gasteiger partial charge in [0.05, 0.1) is 16.8 Å². The normalized spacial score (nSPS) is 26.2. The van der Waals surface area contributed by atoms with Gasteiger partial charge in [-0.05, 0) is 37.0 Å². The van der Waals surface area contributed by atoms with E-state index in [0.29, 0.717) is 17.5 Å². The maximum Gasteiger partial charge on any atom is 0.0741 e. The van der Waals surface area contributed by atoms with Gasteiger partial charge in [0.2, 0.25) is 0 Å². The molecular formula is C14H21ClN2O. The van der Waals surface area contributed by atoms with Crippen LogP contribution in [0.25, 0.3) is 0 Å². The molecule has 1 aromatic rings. The number of aliphatic hydroxyl groups excluding tert-OH is 1. The molecule has 0 aliphatic carbocycles. The van der Waals surface area contributed by atoms with E-state index in [-0.39, 0.29) is 12.1 Å². The monoisotopic (exact) mass is 268 g/mol. The zero-order valence-electron chi connectivity index (χ0n) is 10.9. The second-order valence-electron chi connectivity index (χ2n) is 5.28. The van der Waals surface area contributed by atoms with E-state index in [0.717, 1.165) is 24.2 Å². The van der Waals surface area contributed by atoms with Crippen molar-refractivity contribution in [3.8, 4) is 0 Å². The first-order valence-electron chi connectivity index (χ1n) is 6.47. The average Bonchev–Trinajstić information content (AvgIpc) is 2.32. The maximum atomic E-state index is 9.94. The summed E-state index contributed by atoms with van der Waals surface area (Å²) >= 11 is 6.31. The minimum Gasteiger partial charge on any atom is -0.391 e. The van der Waals surface area contributed by atoms with Crippen molar-refractivity contribution >= 4 is 17.3 Å². The van der Waals surface area contributed by atoms with Crippen molar-refractivity contribution in [2.45, 2.75) is 32.4 Å². The topological polar surface area (TPSA) is 49.5 Å². The van der Waals surface area contributed by atoms with Crippen LogP contribution in [0, 0.1) is 5.92 Å². The number of hydrogen-bond acceptors (Lipinski definition) is 3. The Hall–Kier alpha value is -0.770. The minimum absolute atomic E-state index is 0.0106. The molecule has 0 saturated carbocycles. The highest BCUT2D eigenvalue weighted by molar-refractivity contribution is 6.33. The van der Waals surface area contributed by atoms with E-state index in [4.69, 9.17) is 17.3 Å². The number of anilines is 1. The second-order valence-corrected chi connectivity index (χ2v) is 5.69. The average molecular weight is 269 g/mol. The van der Waals surface area contributed by atoms with Crippen molar-refractivity contribution in [2.24, 2.45) is 11.7 Å². The Morgan fingerprint density at radius 2 is 2.22 bits per heavy atom. The summed E-state index contributed by atoms with van der Waals surface area (Å²) < 4.78 is 0. The SMILES string of the molecule is CC1CCN(c2ccc([C@H](C)N)cc2Cl)CC1O. The Kier molecular flexibility index (Phi) is 4.15. The Balaban J connectivity index is 2.19. The van der Waals surface area contributed by atoms with Gasteiger partial charge >= 0.3 is 0 Å². The lowest BCUT2D eigenvalue weighted by molar-refractivity contribution is 0.103. The Morgan fingerprint density at radius 3 is 2.78 bits per heavy atom. The van der Waals surface area contributed by atoms with Gasteiger partial charge in [-0.1, -0.05) is 24.6 Å². The third kappa shape index (κ3) is 2.79. The number of hydrogen-bond donors (Lipinski definition) is 2. The molecule has 3 nitrogen and oxygen atoms in total. The van der Waals surface area contributed by atoms with Crippen molar-refractivity contribution in [3.63, 3.8) is 0 Å². The number of benzene rings is 1. The molecule has 3 N–H and O–H groups in total. The van der Waals surface area contributed by atoms with E-state index in [2.05, 4.69) is 11.8 Å². The lowest BCUT2D eigenvalue weighted by Gasteiger charge is -2.36. The van der Waals surface area contributed by atoms with Crippen LogP contribution in [0.3, 0.4) is 0 Å². The molecule has 1 aliphatic rings. The van der Waals surface area contributed by atoms with Crippen LogP contribution in [0.1, 0.15) is 31.9 Å². The minimum atomic E-state index is -0.275. The maximum absolute atomic E-state index is 9.94. The summed E-state index contributed by atoms with van der Waals surface area (Å²) in [6, 6.07) is 5.93. The molecular weight excluding hydrogens is 248 g/mol. The van der Waals surface area contributed by atoms with Crippen LogP contribution >= 0.6 is 11.6 Å². The number of piperidine rings is 1. The van der Waals surface area contributed by atoms with Crippen molar-refractivity contribution in [2.75, 3.05) is 18.0 Å². The van der Waals surface area contributed by atoms with Crippen molar-refractivity contribution in [1.82, 2.24) is 0 Å². The van der Waals surface area contributed by atoms with Gasteiger partial charge in [-0.15, -0.1) is 0 Å². The molecule has 0 spiro atoms. The molecule has 2 unspecified atom stereocenters. The molecule has 18 heavy (non-hydrogen) atoms. The largest absolute Gasteiger partial charge is 0.391 e. The van der Waals surface area contributed by atoms with Crippen molar-refractivity contribution < 1.29 is 5.11 Å². The molecule has 1 fully saturated rings. The van der Waals surface area contributed by atoms with Crippen LogP contribution in [-0.4, -0.2) is 24.3 Å². The predicted octanol–water partition coefficient (Wildman–Crippen LogP) is 2.57. The van der Waals surface area contributed by atoms with Crippen LogP contribution in [0.15, 0.2) is 18.2 Å². The number of halogens is 1. The van der Waals surface area contributed by atoms with Gasteiger partial charge in [-0.25, -0.2) is 0 Å². The summed E-state index contributed by atoms with van der Waals surface area (Å²) in [7, 11) is 0. The predicted molar refractivity (Wildman–Crippen MR) is 76.1 cm³/mol. The van der Waals surface area contributed by atoms with E-state index >= 15 is 0 Å². The smallest absolute Gasteiger partial charge is 0.0741 e. The summed E-state index contributed by atoms with van der Waals surface area (Å²) in [5, 5.41) is 10.7. The fourth-order valence-electron chi connectivity index (χ4n) is 2.33. The molecule has 0 amide bonds. The highest BCUT2D eigenvalue weighted by atomic mass is 35.5. The summed E-state index contributed by atoms with van der Waals surface area (Å²) in [6.07, 6.45) is 0.718. The van der Waals surface area contributed by atoms with Gasteiger partial charge in [0.15, 0.2) is 0 Å². The van der Waals surface area contributed by atoms with Gasteiger partial charge < -0.3 is 15.7 Å². The van der Waals surface area contributed by atoms with Gasteiger partial charge in [0, 0.05) is 19.1 Å². The van der Waals surface area contributed by atoms with Gasteiger partial charge in [0.1, 0.15) is 0 Å². The quantitative estimate of drug-likeness (QED) is 0.867. The van der Waals surface area contributed by atoms with Crippen LogP contribution in [0.2, 0.25) is 5.02 Å². The van der Waals surface area contributed by atoms with E-state index in [1.165, 1.54) is 0 Å². The van der Waals surface area contributed by atoms with Crippen molar-refractivity contribution in [1.29, 1.82) is 0 Å². The number of rotatable bonds is 2. The molecule has 0 bridgehead atoms. The number of β-amino-alcohol motifs (C(OH)–C–C–N with tert-alkyl or cyclic N) is 1. The number of nitrogens with zero attached hydrogens (tertiary/aromatic N) is 1. The van der Waals surface area contributed by atoms with E-state index in [9.17, 15) is 5.11 Å². The standard InChI is InChI=1S/C14H21ClN2O/c1-9-5-6-17(8-14(9)18)13-4-3-11(10(2)16)7-12(13)15/h3-4,7,9-10,14,18H,5-6,8,16H2,1-2H3/t9?,10-,14?/m0/s1. The molecule has 1 aromatic carbocycles. The van der Waals surface area contributed by atoms with Crippen molar-refractivity contribution in [3.05, 3.63) is 28.8 Å². The van der Waals surface area contributed by atoms with E-state index in [1.807, 2.05) is 25.1 Å². The molecule has 100 valence electrons. The number of nitrogens with two attached hydrogens (primary N) is 1. The molecule has 3 atom stereocenters. The Labute approximate surface area is 114 Å². The van der Waals surface area contributed by atoms with E-state index in [1.54, 1.807) is 0 Å². The van der Waals surface area contributed by atoms with E-state index < -0.39 is 0 Å². The highest BCUT2D eigenvalue weighted by Crippen LogP contribution is 2.31. The van der Waals surface area contributed by atoms with Crippen LogP contribution in [0.4, 0.5) is 5.69 Å². The van der Waals surface area contributed by atoms with Gasteiger partial charge in [-0.2, -0.15) is 0 Å². The second kappa shape index (κ2) is 5.47.